The fraction of sp³-hybridized carbons (Fsp3) is 0.231. The Hall–Kier alpha value is -3.71. The monoisotopic (exact) mass is 480 g/mol. The summed E-state index contributed by atoms with van der Waals surface area (Å²) in [4.78, 5) is 26.6. The van der Waals surface area contributed by atoms with Gasteiger partial charge in [-0.25, -0.2) is 0 Å². The number of nitrogens with one attached hydrogen (secondary N) is 1. The van der Waals surface area contributed by atoms with Gasteiger partial charge in [0, 0.05) is 17.1 Å². The Morgan fingerprint density at radius 2 is 1.79 bits per heavy atom. The third-order valence-electron chi connectivity index (χ3n) is 5.32. The van der Waals surface area contributed by atoms with Crippen molar-refractivity contribution in [2.45, 2.75) is 19.4 Å². The Morgan fingerprint density at radius 3 is 2.53 bits per heavy atom. The van der Waals surface area contributed by atoms with Gasteiger partial charge >= 0.3 is 0 Å². The normalized spacial score (nSPS) is 12.5. The molecule has 0 saturated heterocycles. The van der Waals surface area contributed by atoms with Crippen molar-refractivity contribution >= 4 is 34.8 Å². The van der Waals surface area contributed by atoms with Crippen LogP contribution in [0.15, 0.2) is 66.7 Å². The standard InChI is InChI=1S/C26H25ClN2O5/c1-32-21-9-11-22(12-10-21)33-14-2-3-25(30)28-20-8-13-24-23(15-20)29(26(31)17-34-24)16-18-4-6-19(27)7-5-18/h4-13,15H,2-3,14,16-17H2,1H3,(H,28,30). The van der Waals surface area contributed by atoms with E-state index in [1.54, 1.807) is 42.3 Å². The lowest BCUT2D eigenvalue weighted by atomic mass is 10.1. The summed E-state index contributed by atoms with van der Waals surface area (Å²) >= 11 is 5.97. The number of carbonyl (C=O) groups is 2. The van der Waals surface area contributed by atoms with Crippen LogP contribution in [-0.2, 0) is 16.1 Å². The fourth-order valence-electron chi connectivity index (χ4n) is 3.54. The minimum Gasteiger partial charge on any atom is -0.497 e. The number of hydrogen-bond donors (Lipinski definition) is 1. The van der Waals surface area contributed by atoms with Gasteiger partial charge in [-0.2, -0.15) is 0 Å². The van der Waals surface area contributed by atoms with Gasteiger partial charge in [0.05, 0.1) is 25.9 Å². The van der Waals surface area contributed by atoms with Gasteiger partial charge in [0.2, 0.25) is 5.91 Å². The minimum atomic E-state index is -0.151. The highest BCUT2D eigenvalue weighted by atomic mass is 35.5. The number of rotatable bonds is 9. The molecule has 0 aliphatic carbocycles. The summed E-state index contributed by atoms with van der Waals surface area (Å²) < 4.78 is 16.4. The minimum absolute atomic E-state index is 0.0273. The predicted molar refractivity (Wildman–Crippen MR) is 131 cm³/mol. The van der Waals surface area contributed by atoms with Gasteiger partial charge in [0.15, 0.2) is 6.61 Å². The highest BCUT2D eigenvalue weighted by molar-refractivity contribution is 6.30. The zero-order valence-corrected chi connectivity index (χ0v) is 19.5. The maximum Gasteiger partial charge on any atom is 0.265 e. The van der Waals surface area contributed by atoms with Crippen LogP contribution in [0.2, 0.25) is 5.02 Å². The smallest absolute Gasteiger partial charge is 0.265 e. The first-order chi connectivity index (χ1) is 16.5. The number of fused-ring (bicyclic) bond motifs is 1. The number of nitrogens with zero attached hydrogens (tertiary/aromatic N) is 1. The number of hydrogen-bond acceptors (Lipinski definition) is 5. The molecular formula is C26H25ClN2O5. The van der Waals surface area contributed by atoms with Gasteiger partial charge in [0.1, 0.15) is 17.2 Å². The quantitative estimate of drug-likeness (QED) is 0.432. The van der Waals surface area contributed by atoms with Crippen LogP contribution in [-0.4, -0.2) is 32.1 Å². The van der Waals surface area contributed by atoms with Crippen LogP contribution in [0.1, 0.15) is 18.4 Å². The number of carbonyl (C=O) groups excluding carboxylic acids is 2. The first kappa shape index (κ1) is 23.4. The summed E-state index contributed by atoms with van der Waals surface area (Å²) in [7, 11) is 1.61. The van der Waals surface area contributed by atoms with Crippen LogP contribution in [0.3, 0.4) is 0 Å². The lowest BCUT2D eigenvalue weighted by Gasteiger charge is -2.30. The summed E-state index contributed by atoms with van der Waals surface area (Å²) in [6.45, 7) is 0.772. The Labute approximate surface area is 203 Å². The third-order valence-corrected chi connectivity index (χ3v) is 5.57. The molecule has 1 aliphatic rings. The molecule has 4 rings (SSSR count). The average molecular weight is 481 g/mol. The molecule has 0 spiro atoms. The summed E-state index contributed by atoms with van der Waals surface area (Å²) in [5.74, 6) is 1.79. The van der Waals surface area contributed by atoms with E-state index in [0.29, 0.717) is 48.1 Å². The Balaban J connectivity index is 1.33. The van der Waals surface area contributed by atoms with Gasteiger partial charge in [-0.3, -0.25) is 9.59 Å². The van der Waals surface area contributed by atoms with Gasteiger partial charge in [0.25, 0.3) is 5.91 Å². The molecule has 176 valence electrons. The molecule has 8 heteroatoms. The molecule has 3 aromatic rings. The first-order valence-electron chi connectivity index (χ1n) is 10.9. The van der Waals surface area contributed by atoms with E-state index in [-0.39, 0.29) is 18.4 Å². The van der Waals surface area contributed by atoms with Crippen molar-refractivity contribution in [2.24, 2.45) is 0 Å². The molecule has 1 heterocycles. The van der Waals surface area contributed by atoms with Crippen molar-refractivity contribution < 1.29 is 23.8 Å². The van der Waals surface area contributed by atoms with Gasteiger partial charge in [-0.1, -0.05) is 23.7 Å². The highest BCUT2D eigenvalue weighted by Crippen LogP contribution is 2.35. The van der Waals surface area contributed by atoms with Gasteiger partial charge < -0.3 is 24.4 Å². The van der Waals surface area contributed by atoms with Crippen molar-refractivity contribution in [3.05, 3.63) is 77.3 Å². The van der Waals surface area contributed by atoms with E-state index in [1.807, 2.05) is 36.4 Å². The van der Waals surface area contributed by atoms with Crippen molar-refractivity contribution in [1.29, 1.82) is 0 Å². The molecule has 1 aliphatic heterocycles. The number of halogens is 1. The fourth-order valence-corrected chi connectivity index (χ4v) is 3.67. The zero-order valence-electron chi connectivity index (χ0n) is 18.8. The van der Waals surface area contributed by atoms with Crippen LogP contribution in [0.4, 0.5) is 11.4 Å². The lowest BCUT2D eigenvalue weighted by molar-refractivity contribution is -0.121. The van der Waals surface area contributed by atoms with Crippen molar-refractivity contribution in [2.75, 3.05) is 30.5 Å². The zero-order chi connectivity index (χ0) is 23.9. The van der Waals surface area contributed by atoms with Crippen LogP contribution < -0.4 is 24.4 Å². The molecule has 3 aromatic carbocycles. The number of benzene rings is 3. The molecule has 0 fully saturated rings. The molecule has 0 bridgehead atoms. The predicted octanol–water partition coefficient (Wildman–Crippen LogP) is 5.07. The van der Waals surface area contributed by atoms with Crippen molar-refractivity contribution in [1.82, 2.24) is 0 Å². The number of methoxy groups -OCH3 is 1. The van der Waals surface area contributed by atoms with E-state index < -0.39 is 0 Å². The maximum atomic E-state index is 12.6. The molecule has 1 N–H and O–H groups in total. The summed E-state index contributed by atoms with van der Waals surface area (Å²) in [5, 5.41) is 3.53. The second kappa shape index (κ2) is 10.9. The first-order valence-corrected chi connectivity index (χ1v) is 11.3. The van der Waals surface area contributed by atoms with E-state index in [0.717, 1.165) is 17.1 Å². The van der Waals surface area contributed by atoms with E-state index >= 15 is 0 Å². The van der Waals surface area contributed by atoms with Gasteiger partial charge in [-0.05, 0) is 66.6 Å². The van der Waals surface area contributed by atoms with E-state index in [2.05, 4.69) is 5.32 Å². The maximum absolute atomic E-state index is 12.6. The highest BCUT2D eigenvalue weighted by Gasteiger charge is 2.26. The molecule has 0 radical (unpaired) electrons. The molecule has 34 heavy (non-hydrogen) atoms. The summed E-state index contributed by atoms with van der Waals surface area (Å²) in [5.41, 5.74) is 2.16. The Kier molecular flexibility index (Phi) is 7.54. The molecular weight excluding hydrogens is 456 g/mol. The number of anilines is 2. The number of ether oxygens (including phenoxy) is 3. The summed E-state index contributed by atoms with van der Waals surface area (Å²) in [6, 6.07) is 19.9. The molecule has 0 aromatic heterocycles. The second-order valence-electron chi connectivity index (χ2n) is 7.75. The Morgan fingerprint density at radius 1 is 1.06 bits per heavy atom. The SMILES string of the molecule is COc1ccc(OCCCC(=O)Nc2ccc3c(c2)N(Cc2ccc(Cl)cc2)C(=O)CO3)cc1. The largest absolute Gasteiger partial charge is 0.497 e. The topological polar surface area (TPSA) is 77.1 Å². The average Bonchev–Trinajstić information content (AvgIpc) is 2.85. The Bertz CT molecular complexity index is 1150. The number of amides is 2. The van der Waals surface area contributed by atoms with Crippen LogP contribution in [0.5, 0.6) is 17.2 Å². The van der Waals surface area contributed by atoms with E-state index in [9.17, 15) is 9.59 Å². The van der Waals surface area contributed by atoms with Crippen LogP contribution >= 0.6 is 11.6 Å². The van der Waals surface area contributed by atoms with Gasteiger partial charge in [-0.15, -0.1) is 0 Å². The molecule has 2 amide bonds. The molecule has 0 atom stereocenters. The van der Waals surface area contributed by atoms with Crippen LogP contribution in [0, 0.1) is 0 Å². The molecule has 0 saturated carbocycles. The third kappa shape index (κ3) is 5.99. The van der Waals surface area contributed by atoms with Crippen molar-refractivity contribution in [3.63, 3.8) is 0 Å². The van der Waals surface area contributed by atoms with Crippen molar-refractivity contribution in [3.8, 4) is 17.2 Å². The second-order valence-corrected chi connectivity index (χ2v) is 8.19. The van der Waals surface area contributed by atoms with E-state index in [1.165, 1.54) is 0 Å². The van der Waals surface area contributed by atoms with Crippen LogP contribution in [0.25, 0.3) is 0 Å². The van der Waals surface area contributed by atoms with E-state index in [4.69, 9.17) is 25.8 Å². The molecule has 0 unspecified atom stereocenters. The lowest BCUT2D eigenvalue weighted by Crippen LogP contribution is -2.38. The summed E-state index contributed by atoms with van der Waals surface area (Å²) in [6.07, 6.45) is 0.865. The molecule has 7 nitrogen and oxygen atoms in total.